The second-order valence-electron chi connectivity index (χ2n) is 7.24. The molecule has 2 N–H and O–H groups in total. The lowest BCUT2D eigenvalue weighted by Gasteiger charge is -2.13. The van der Waals surface area contributed by atoms with Gasteiger partial charge in [0.1, 0.15) is 5.82 Å². The largest absolute Gasteiger partial charge is 0.381 e. The minimum atomic E-state index is 0.407. The molecular formula is C20H24N6. The van der Waals surface area contributed by atoms with Crippen LogP contribution in [0, 0.1) is 0 Å². The molecule has 1 saturated carbocycles. The lowest BCUT2D eigenvalue weighted by molar-refractivity contribution is 0.755. The van der Waals surface area contributed by atoms with Crippen molar-refractivity contribution in [3.8, 4) is 0 Å². The lowest BCUT2D eigenvalue weighted by Crippen LogP contribution is -2.14. The van der Waals surface area contributed by atoms with Crippen molar-refractivity contribution in [2.24, 2.45) is 0 Å². The zero-order valence-electron chi connectivity index (χ0n) is 15.2. The van der Waals surface area contributed by atoms with Gasteiger partial charge in [-0.2, -0.15) is 5.10 Å². The highest BCUT2D eigenvalue weighted by atomic mass is 15.2. The number of fused-ring (bicyclic) bond motifs is 1. The van der Waals surface area contributed by atoms with Gasteiger partial charge in [0.25, 0.3) is 0 Å². The first-order valence-electron chi connectivity index (χ1n) is 9.30. The highest BCUT2D eigenvalue weighted by Crippen LogP contribution is 2.24. The van der Waals surface area contributed by atoms with E-state index >= 15 is 0 Å². The van der Waals surface area contributed by atoms with E-state index < -0.39 is 0 Å². The van der Waals surface area contributed by atoms with Crippen LogP contribution in [0.4, 0.5) is 17.3 Å². The standard InChI is InChI=1S/C20H24N6/c1-13(2)14-9-20(26-22-11-14)25-19-8-7-17-18(24-19)10-16(12-21-17)23-15-5-3-4-6-15/h7-13,15,23H,3-6H2,1-2H3,(H,24,25,26). The van der Waals surface area contributed by atoms with Crippen molar-refractivity contribution < 1.29 is 0 Å². The summed E-state index contributed by atoms with van der Waals surface area (Å²) in [4.78, 5) is 9.23. The smallest absolute Gasteiger partial charge is 0.154 e. The van der Waals surface area contributed by atoms with Crippen molar-refractivity contribution in [2.75, 3.05) is 10.6 Å². The van der Waals surface area contributed by atoms with Crippen LogP contribution in [0.2, 0.25) is 0 Å². The van der Waals surface area contributed by atoms with Gasteiger partial charge in [-0.15, -0.1) is 5.10 Å². The Bertz CT molecular complexity index is 902. The molecule has 6 heteroatoms. The zero-order chi connectivity index (χ0) is 17.9. The maximum Gasteiger partial charge on any atom is 0.154 e. The third-order valence-electron chi connectivity index (χ3n) is 4.86. The van der Waals surface area contributed by atoms with E-state index in [9.17, 15) is 0 Å². The van der Waals surface area contributed by atoms with Crippen molar-refractivity contribution in [3.05, 3.63) is 42.2 Å². The fourth-order valence-electron chi connectivity index (χ4n) is 3.35. The molecule has 0 radical (unpaired) electrons. The molecule has 3 aromatic heterocycles. The summed E-state index contributed by atoms with van der Waals surface area (Å²) in [6, 6.07) is 8.54. The molecule has 1 aliphatic rings. The SMILES string of the molecule is CC(C)c1cnnc(Nc2ccc3ncc(NC4CCCC4)cc3n2)c1. The molecule has 0 amide bonds. The van der Waals surface area contributed by atoms with E-state index in [2.05, 4.69) is 45.7 Å². The summed E-state index contributed by atoms with van der Waals surface area (Å²) in [5.41, 5.74) is 3.93. The van der Waals surface area contributed by atoms with Crippen molar-refractivity contribution >= 4 is 28.4 Å². The van der Waals surface area contributed by atoms with E-state index in [0.717, 1.165) is 28.1 Å². The fraction of sp³-hybridized carbons (Fsp3) is 0.400. The van der Waals surface area contributed by atoms with Crippen LogP contribution in [0.5, 0.6) is 0 Å². The van der Waals surface area contributed by atoms with Gasteiger partial charge in [-0.3, -0.25) is 4.98 Å². The number of hydrogen-bond acceptors (Lipinski definition) is 6. The molecule has 1 fully saturated rings. The molecule has 4 rings (SSSR count). The van der Waals surface area contributed by atoms with Gasteiger partial charge in [0.2, 0.25) is 0 Å². The van der Waals surface area contributed by atoms with Crippen LogP contribution in [-0.4, -0.2) is 26.2 Å². The molecule has 3 heterocycles. The van der Waals surface area contributed by atoms with E-state index in [1.807, 2.05) is 24.4 Å². The molecule has 3 aromatic rings. The van der Waals surface area contributed by atoms with Gasteiger partial charge >= 0.3 is 0 Å². The number of pyridine rings is 2. The monoisotopic (exact) mass is 348 g/mol. The van der Waals surface area contributed by atoms with Crippen LogP contribution in [0.15, 0.2) is 36.7 Å². The van der Waals surface area contributed by atoms with Gasteiger partial charge in [-0.25, -0.2) is 4.98 Å². The molecule has 0 atom stereocenters. The number of rotatable bonds is 5. The molecule has 6 nitrogen and oxygen atoms in total. The number of hydrogen-bond donors (Lipinski definition) is 2. The van der Waals surface area contributed by atoms with Crippen LogP contribution in [-0.2, 0) is 0 Å². The molecule has 0 saturated heterocycles. The Hall–Kier alpha value is -2.76. The molecule has 26 heavy (non-hydrogen) atoms. The molecule has 0 aliphatic heterocycles. The predicted octanol–water partition coefficient (Wildman–Crippen LogP) is 4.64. The van der Waals surface area contributed by atoms with Gasteiger partial charge in [0, 0.05) is 6.04 Å². The second kappa shape index (κ2) is 7.23. The minimum Gasteiger partial charge on any atom is -0.381 e. The number of nitrogens with one attached hydrogen (secondary N) is 2. The van der Waals surface area contributed by atoms with Gasteiger partial charge in [0.15, 0.2) is 5.82 Å². The highest BCUT2D eigenvalue weighted by Gasteiger charge is 2.14. The molecule has 0 bridgehead atoms. The predicted molar refractivity (Wildman–Crippen MR) is 105 cm³/mol. The van der Waals surface area contributed by atoms with Crippen LogP contribution in [0.1, 0.15) is 51.0 Å². The van der Waals surface area contributed by atoms with E-state index in [0.29, 0.717) is 17.8 Å². The van der Waals surface area contributed by atoms with E-state index in [1.165, 1.54) is 25.7 Å². The fourth-order valence-corrected chi connectivity index (χ4v) is 3.35. The first kappa shape index (κ1) is 16.7. The molecule has 134 valence electrons. The summed E-state index contributed by atoms with van der Waals surface area (Å²) >= 11 is 0. The zero-order valence-corrected chi connectivity index (χ0v) is 15.2. The maximum atomic E-state index is 4.70. The lowest BCUT2D eigenvalue weighted by atomic mass is 10.1. The molecule has 0 aromatic carbocycles. The quantitative estimate of drug-likeness (QED) is 0.699. The highest BCUT2D eigenvalue weighted by molar-refractivity contribution is 5.79. The van der Waals surface area contributed by atoms with E-state index in [1.54, 1.807) is 6.20 Å². The Morgan fingerprint density at radius 1 is 1.00 bits per heavy atom. The number of anilines is 3. The summed E-state index contributed by atoms with van der Waals surface area (Å²) in [6.45, 7) is 4.28. The second-order valence-corrected chi connectivity index (χ2v) is 7.24. The molecular weight excluding hydrogens is 324 g/mol. The van der Waals surface area contributed by atoms with Crippen molar-refractivity contribution in [1.82, 2.24) is 20.2 Å². The number of aromatic nitrogens is 4. The van der Waals surface area contributed by atoms with Gasteiger partial charge in [-0.1, -0.05) is 26.7 Å². The summed E-state index contributed by atoms with van der Waals surface area (Å²) < 4.78 is 0. The summed E-state index contributed by atoms with van der Waals surface area (Å²) in [6.07, 6.45) is 8.78. The Labute approximate surface area is 153 Å². The van der Waals surface area contributed by atoms with E-state index in [4.69, 9.17) is 4.98 Å². The van der Waals surface area contributed by atoms with Crippen molar-refractivity contribution in [2.45, 2.75) is 51.5 Å². The third-order valence-corrected chi connectivity index (χ3v) is 4.86. The Kier molecular flexibility index (Phi) is 4.65. The Morgan fingerprint density at radius 2 is 1.85 bits per heavy atom. The van der Waals surface area contributed by atoms with Crippen LogP contribution in [0.25, 0.3) is 11.0 Å². The van der Waals surface area contributed by atoms with Crippen LogP contribution >= 0.6 is 0 Å². The van der Waals surface area contributed by atoms with Crippen LogP contribution < -0.4 is 10.6 Å². The van der Waals surface area contributed by atoms with Gasteiger partial charge in [-0.05, 0) is 48.6 Å². The molecule has 0 unspecified atom stereocenters. The minimum absolute atomic E-state index is 0.407. The van der Waals surface area contributed by atoms with Crippen molar-refractivity contribution in [1.29, 1.82) is 0 Å². The maximum absolute atomic E-state index is 4.70. The number of nitrogens with zero attached hydrogens (tertiary/aromatic N) is 4. The Balaban J connectivity index is 1.56. The summed E-state index contributed by atoms with van der Waals surface area (Å²) in [5.74, 6) is 1.85. The summed E-state index contributed by atoms with van der Waals surface area (Å²) in [5, 5.41) is 15.1. The third kappa shape index (κ3) is 3.74. The van der Waals surface area contributed by atoms with Crippen molar-refractivity contribution in [3.63, 3.8) is 0 Å². The first-order valence-corrected chi connectivity index (χ1v) is 9.30. The van der Waals surface area contributed by atoms with Gasteiger partial charge < -0.3 is 10.6 Å². The normalized spacial score (nSPS) is 14.9. The molecule has 1 aliphatic carbocycles. The van der Waals surface area contributed by atoms with Gasteiger partial charge in [0.05, 0.1) is 29.1 Å². The van der Waals surface area contributed by atoms with E-state index in [-0.39, 0.29) is 0 Å². The molecule has 0 spiro atoms. The summed E-state index contributed by atoms with van der Waals surface area (Å²) in [7, 11) is 0. The first-order chi connectivity index (χ1) is 12.7. The average molecular weight is 348 g/mol. The topological polar surface area (TPSA) is 75.6 Å². The van der Waals surface area contributed by atoms with Crippen LogP contribution in [0.3, 0.4) is 0 Å². The average Bonchev–Trinajstić information content (AvgIpc) is 3.15. The Morgan fingerprint density at radius 3 is 2.65 bits per heavy atom.